The predicted octanol–water partition coefficient (Wildman–Crippen LogP) is 0.961. The molecule has 0 radical (unpaired) electrons. The van der Waals surface area contributed by atoms with Crippen LogP contribution in [0.15, 0.2) is 12.7 Å². The second-order valence-electron chi connectivity index (χ2n) is 3.45. The minimum atomic E-state index is -1.34. The van der Waals surface area contributed by atoms with Crippen LogP contribution in [-0.4, -0.2) is 23.4 Å². The fourth-order valence-corrected chi connectivity index (χ4v) is 1.18. The molecule has 80 valence electrons. The molecule has 0 amide bonds. The van der Waals surface area contributed by atoms with E-state index in [1.165, 1.54) is 6.92 Å². The number of carbonyl (C=O) groups is 2. The summed E-state index contributed by atoms with van der Waals surface area (Å²) in [7, 11) is 0. The summed E-state index contributed by atoms with van der Waals surface area (Å²) in [5, 5.41) is 8.93. The molecule has 0 aliphatic heterocycles. The van der Waals surface area contributed by atoms with Gasteiger partial charge in [-0.1, -0.05) is 13.0 Å². The minimum absolute atomic E-state index is 0.310. The molecule has 14 heavy (non-hydrogen) atoms. The molecule has 0 aromatic heterocycles. The summed E-state index contributed by atoms with van der Waals surface area (Å²) in [6.45, 7) is 5.24. The SMILES string of the molecule is C=CC(=O)C(C)(CCCCN)C(=O)O. The van der Waals surface area contributed by atoms with Crippen LogP contribution in [0.2, 0.25) is 0 Å². The standard InChI is InChI=1S/C10H17NO3/c1-3-8(12)10(2,9(13)14)6-4-5-7-11/h3H,1,4-7,11H2,2H3,(H,13,14). The van der Waals surface area contributed by atoms with Crippen LogP contribution >= 0.6 is 0 Å². The van der Waals surface area contributed by atoms with Gasteiger partial charge in [-0.05, 0) is 32.4 Å². The highest BCUT2D eigenvalue weighted by atomic mass is 16.4. The number of carboxylic acid groups (broad SMARTS) is 1. The zero-order valence-electron chi connectivity index (χ0n) is 8.45. The van der Waals surface area contributed by atoms with Crippen molar-refractivity contribution in [2.24, 2.45) is 11.1 Å². The van der Waals surface area contributed by atoms with Crippen LogP contribution in [0.3, 0.4) is 0 Å². The van der Waals surface area contributed by atoms with Crippen molar-refractivity contribution in [3.8, 4) is 0 Å². The highest BCUT2D eigenvalue weighted by molar-refractivity contribution is 6.07. The average Bonchev–Trinajstić information content (AvgIpc) is 2.16. The molecule has 3 N–H and O–H groups in total. The Kier molecular flexibility index (Phi) is 5.09. The van der Waals surface area contributed by atoms with Crippen LogP contribution in [0.25, 0.3) is 0 Å². The molecule has 1 unspecified atom stereocenters. The van der Waals surface area contributed by atoms with Crippen molar-refractivity contribution in [3.63, 3.8) is 0 Å². The first kappa shape index (κ1) is 12.8. The normalized spacial score (nSPS) is 14.4. The van der Waals surface area contributed by atoms with Crippen molar-refractivity contribution < 1.29 is 14.7 Å². The van der Waals surface area contributed by atoms with Gasteiger partial charge in [-0.3, -0.25) is 9.59 Å². The summed E-state index contributed by atoms with van der Waals surface area (Å²) in [4.78, 5) is 22.3. The Morgan fingerprint density at radius 2 is 2.07 bits per heavy atom. The zero-order chi connectivity index (χ0) is 11.2. The van der Waals surface area contributed by atoms with Crippen molar-refractivity contribution >= 4 is 11.8 Å². The molecule has 0 bridgehead atoms. The molecule has 0 fully saturated rings. The lowest BCUT2D eigenvalue weighted by atomic mass is 9.80. The smallest absolute Gasteiger partial charge is 0.317 e. The van der Waals surface area contributed by atoms with Gasteiger partial charge in [0.05, 0.1) is 0 Å². The second kappa shape index (κ2) is 5.54. The van der Waals surface area contributed by atoms with E-state index < -0.39 is 17.2 Å². The third kappa shape index (κ3) is 2.96. The lowest BCUT2D eigenvalue weighted by molar-refractivity contribution is -0.152. The molecule has 0 spiro atoms. The van der Waals surface area contributed by atoms with Gasteiger partial charge < -0.3 is 10.8 Å². The Balaban J connectivity index is 4.48. The number of hydrogen-bond donors (Lipinski definition) is 2. The summed E-state index contributed by atoms with van der Waals surface area (Å²) >= 11 is 0. The van der Waals surface area contributed by atoms with Crippen molar-refractivity contribution in [2.75, 3.05) is 6.54 Å². The van der Waals surface area contributed by atoms with Gasteiger partial charge in [-0.25, -0.2) is 0 Å². The lowest BCUT2D eigenvalue weighted by Gasteiger charge is -2.21. The number of unbranched alkanes of at least 4 members (excludes halogenated alkanes) is 1. The molecule has 0 aromatic rings. The van der Waals surface area contributed by atoms with Crippen LogP contribution < -0.4 is 5.73 Å². The third-order valence-electron chi connectivity index (χ3n) is 2.33. The highest BCUT2D eigenvalue weighted by Gasteiger charge is 2.38. The number of carboxylic acids is 1. The number of aliphatic carboxylic acids is 1. The minimum Gasteiger partial charge on any atom is -0.480 e. The predicted molar refractivity (Wildman–Crippen MR) is 53.9 cm³/mol. The number of rotatable bonds is 7. The summed E-state index contributed by atoms with van der Waals surface area (Å²) in [6, 6.07) is 0. The fraction of sp³-hybridized carbons (Fsp3) is 0.600. The lowest BCUT2D eigenvalue weighted by Crippen LogP contribution is -2.35. The monoisotopic (exact) mass is 199 g/mol. The maximum absolute atomic E-state index is 11.3. The van der Waals surface area contributed by atoms with E-state index in [2.05, 4.69) is 6.58 Å². The molecule has 0 rings (SSSR count). The summed E-state index contributed by atoms with van der Waals surface area (Å²) < 4.78 is 0. The van der Waals surface area contributed by atoms with E-state index in [1.54, 1.807) is 0 Å². The Bertz CT molecular complexity index is 238. The van der Waals surface area contributed by atoms with Gasteiger partial charge in [0.2, 0.25) is 0 Å². The Morgan fingerprint density at radius 3 is 2.43 bits per heavy atom. The highest BCUT2D eigenvalue weighted by Crippen LogP contribution is 2.26. The van der Waals surface area contributed by atoms with Crippen molar-refractivity contribution in [1.82, 2.24) is 0 Å². The summed E-state index contributed by atoms with van der Waals surface area (Å²) in [6.07, 6.45) is 2.74. The zero-order valence-corrected chi connectivity index (χ0v) is 8.45. The number of ketones is 1. The summed E-state index contributed by atoms with van der Waals surface area (Å²) in [5.41, 5.74) is 3.95. The first-order valence-electron chi connectivity index (χ1n) is 4.59. The fourth-order valence-electron chi connectivity index (χ4n) is 1.18. The van der Waals surface area contributed by atoms with Crippen LogP contribution in [-0.2, 0) is 9.59 Å². The topological polar surface area (TPSA) is 80.4 Å². The molecule has 1 atom stereocenters. The third-order valence-corrected chi connectivity index (χ3v) is 2.33. The van der Waals surface area contributed by atoms with Crippen molar-refractivity contribution in [1.29, 1.82) is 0 Å². The largest absolute Gasteiger partial charge is 0.480 e. The molecule has 4 nitrogen and oxygen atoms in total. The quantitative estimate of drug-likeness (QED) is 0.363. The summed E-state index contributed by atoms with van der Waals surface area (Å²) in [5.74, 6) is -1.54. The van der Waals surface area contributed by atoms with Gasteiger partial charge in [0, 0.05) is 0 Å². The first-order valence-corrected chi connectivity index (χ1v) is 4.59. The molecule has 0 aliphatic carbocycles. The molecule has 0 saturated carbocycles. The maximum Gasteiger partial charge on any atom is 0.317 e. The molecular formula is C10H17NO3. The number of allylic oxidation sites excluding steroid dienone is 1. The van der Waals surface area contributed by atoms with Gasteiger partial charge in [-0.2, -0.15) is 0 Å². The van der Waals surface area contributed by atoms with Gasteiger partial charge >= 0.3 is 5.97 Å². The maximum atomic E-state index is 11.3. The van der Waals surface area contributed by atoms with Gasteiger partial charge in [0.25, 0.3) is 0 Å². The number of hydrogen-bond acceptors (Lipinski definition) is 3. The molecule has 0 saturated heterocycles. The average molecular weight is 199 g/mol. The van der Waals surface area contributed by atoms with E-state index in [0.717, 1.165) is 12.5 Å². The van der Waals surface area contributed by atoms with E-state index in [1.807, 2.05) is 0 Å². The molecule has 0 aliphatic rings. The Morgan fingerprint density at radius 1 is 1.50 bits per heavy atom. The first-order chi connectivity index (χ1) is 6.49. The van der Waals surface area contributed by atoms with Gasteiger partial charge in [0.15, 0.2) is 5.78 Å². The van der Waals surface area contributed by atoms with Crippen LogP contribution in [0, 0.1) is 5.41 Å². The number of nitrogens with two attached hydrogens (primary N) is 1. The molecule has 0 heterocycles. The van der Waals surface area contributed by atoms with E-state index in [-0.39, 0.29) is 0 Å². The van der Waals surface area contributed by atoms with Gasteiger partial charge in [0.1, 0.15) is 5.41 Å². The van der Waals surface area contributed by atoms with Gasteiger partial charge in [-0.15, -0.1) is 0 Å². The van der Waals surface area contributed by atoms with Crippen LogP contribution in [0.5, 0.6) is 0 Å². The van der Waals surface area contributed by atoms with E-state index in [0.29, 0.717) is 19.4 Å². The number of carbonyl (C=O) groups excluding carboxylic acids is 1. The van der Waals surface area contributed by atoms with Crippen LogP contribution in [0.4, 0.5) is 0 Å². The van der Waals surface area contributed by atoms with E-state index in [4.69, 9.17) is 10.8 Å². The Hall–Kier alpha value is -1.16. The Labute approximate surface area is 83.8 Å². The van der Waals surface area contributed by atoms with E-state index in [9.17, 15) is 9.59 Å². The van der Waals surface area contributed by atoms with Crippen molar-refractivity contribution in [3.05, 3.63) is 12.7 Å². The van der Waals surface area contributed by atoms with E-state index >= 15 is 0 Å². The van der Waals surface area contributed by atoms with Crippen LogP contribution in [0.1, 0.15) is 26.2 Å². The van der Waals surface area contributed by atoms with Crippen molar-refractivity contribution in [2.45, 2.75) is 26.2 Å². The molecular weight excluding hydrogens is 182 g/mol. The second-order valence-corrected chi connectivity index (χ2v) is 3.45. The molecule has 4 heteroatoms. The molecule has 0 aromatic carbocycles.